The van der Waals surface area contributed by atoms with Crippen molar-refractivity contribution in [1.82, 2.24) is 0 Å². The molecule has 2 rings (SSSR count). The highest BCUT2D eigenvalue weighted by Gasteiger charge is 2.41. The highest BCUT2D eigenvalue weighted by Crippen LogP contribution is 2.35. The zero-order valence-corrected chi connectivity index (χ0v) is 11.4. The molecular weight excluding hydrogens is 248 g/mol. The minimum absolute atomic E-state index is 0.0986. The van der Waals surface area contributed by atoms with Crippen LogP contribution < -0.4 is 4.90 Å². The summed E-state index contributed by atoms with van der Waals surface area (Å²) >= 11 is 6.06. The van der Waals surface area contributed by atoms with E-state index in [9.17, 15) is 5.11 Å². The molecule has 0 bridgehead atoms. The number of aliphatic hydroxyl groups is 1. The van der Waals surface area contributed by atoms with E-state index in [0.717, 1.165) is 25.1 Å². The molecule has 1 N–H and O–H groups in total. The largest absolute Gasteiger partial charge is 0.388 e. The molecule has 0 aromatic heterocycles. The minimum atomic E-state index is -0.658. The van der Waals surface area contributed by atoms with Gasteiger partial charge in [-0.25, -0.2) is 0 Å². The zero-order chi connectivity index (χ0) is 13.3. The molecule has 2 atom stereocenters. The molecule has 0 saturated carbocycles. The number of halogens is 1. The van der Waals surface area contributed by atoms with E-state index in [2.05, 4.69) is 17.9 Å². The second-order valence-corrected chi connectivity index (χ2v) is 5.41. The smallest absolute Gasteiger partial charge is 0.101 e. The van der Waals surface area contributed by atoms with Gasteiger partial charge in [0.05, 0.1) is 22.2 Å². The van der Waals surface area contributed by atoms with E-state index in [1.165, 1.54) is 0 Å². The Morgan fingerprint density at radius 1 is 1.61 bits per heavy atom. The molecule has 1 aliphatic heterocycles. The first-order valence-corrected chi connectivity index (χ1v) is 6.56. The number of nitriles is 1. The van der Waals surface area contributed by atoms with Crippen LogP contribution in [-0.2, 0) is 0 Å². The molecular formula is C14H17ClN2O. The summed E-state index contributed by atoms with van der Waals surface area (Å²) in [5, 5.41) is 19.7. The second kappa shape index (κ2) is 4.79. The van der Waals surface area contributed by atoms with Crippen LogP contribution in [0.2, 0.25) is 5.02 Å². The van der Waals surface area contributed by atoms with Gasteiger partial charge in [-0.3, -0.25) is 0 Å². The predicted octanol–water partition coefficient (Wildman–Crippen LogP) is 2.95. The van der Waals surface area contributed by atoms with Crippen LogP contribution in [-0.4, -0.2) is 23.3 Å². The van der Waals surface area contributed by atoms with Gasteiger partial charge in [0.15, 0.2) is 0 Å². The molecule has 96 valence electrons. The minimum Gasteiger partial charge on any atom is -0.388 e. The van der Waals surface area contributed by atoms with Gasteiger partial charge in [0.25, 0.3) is 0 Å². The Kier molecular flexibility index (Phi) is 3.52. The molecule has 1 heterocycles. The Balaban J connectivity index is 2.33. The van der Waals surface area contributed by atoms with Gasteiger partial charge in [-0.1, -0.05) is 18.5 Å². The summed E-state index contributed by atoms with van der Waals surface area (Å²) in [7, 11) is 0. The number of benzene rings is 1. The first-order chi connectivity index (χ1) is 8.49. The van der Waals surface area contributed by atoms with E-state index >= 15 is 0 Å². The summed E-state index contributed by atoms with van der Waals surface area (Å²) in [4.78, 5) is 2.17. The standard InChI is InChI=1S/C14H17ClN2O/c1-3-13-14(2,18)6-7-17(13)11-5-4-10(9-16)12(15)8-11/h4-5,8,13,18H,3,6-7H2,1-2H3. The first kappa shape index (κ1) is 13.2. The SMILES string of the molecule is CCC1N(c2ccc(C#N)c(Cl)c2)CCC1(C)O. The molecule has 3 nitrogen and oxygen atoms in total. The van der Waals surface area contributed by atoms with E-state index in [-0.39, 0.29) is 6.04 Å². The van der Waals surface area contributed by atoms with Crippen molar-refractivity contribution in [1.29, 1.82) is 5.26 Å². The third-order valence-corrected chi connectivity index (χ3v) is 4.06. The molecule has 0 spiro atoms. The second-order valence-electron chi connectivity index (χ2n) is 5.00. The first-order valence-electron chi connectivity index (χ1n) is 6.18. The lowest BCUT2D eigenvalue weighted by atomic mass is 9.95. The zero-order valence-electron chi connectivity index (χ0n) is 10.7. The topological polar surface area (TPSA) is 47.3 Å². The maximum Gasteiger partial charge on any atom is 0.101 e. The van der Waals surface area contributed by atoms with Crippen molar-refractivity contribution in [2.24, 2.45) is 0 Å². The van der Waals surface area contributed by atoms with Crippen molar-refractivity contribution in [3.63, 3.8) is 0 Å². The average Bonchev–Trinajstić information content (AvgIpc) is 2.64. The van der Waals surface area contributed by atoms with Crippen molar-refractivity contribution in [3.8, 4) is 6.07 Å². The fourth-order valence-corrected chi connectivity index (χ4v) is 2.96. The number of hydrogen-bond donors (Lipinski definition) is 1. The van der Waals surface area contributed by atoms with Crippen molar-refractivity contribution in [3.05, 3.63) is 28.8 Å². The lowest BCUT2D eigenvalue weighted by Crippen LogP contribution is -2.42. The highest BCUT2D eigenvalue weighted by atomic mass is 35.5. The van der Waals surface area contributed by atoms with Crippen molar-refractivity contribution in [2.75, 3.05) is 11.4 Å². The molecule has 2 unspecified atom stereocenters. The molecule has 4 heteroatoms. The molecule has 1 aliphatic rings. The van der Waals surface area contributed by atoms with Crippen LogP contribution in [0.3, 0.4) is 0 Å². The molecule has 1 saturated heterocycles. The molecule has 0 radical (unpaired) electrons. The van der Waals surface area contributed by atoms with Crippen molar-refractivity contribution in [2.45, 2.75) is 38.3 Å². The van der Waals surface area contributed by atoms with Gasteiger partial charge >= 0.3 is 0 Å². The highest BCUT2D eigenvalue weighted by molar-refractivity contribution is 6.32. The summed E-state index contributed by atoms with van der Waals surface area (Å²) in [5.41, 5.74) is 0.804. The quantitative estimate of drug-likeness (QED) is 0.893. The Morgan fingerprint density at radius 3 is 2.89 bits per heavy atom. The summed E-state index contributed by atoms with van der Waals surface area (Å²) in [5.74, 6) is 0. The Labute approximate surface area is 113 Å². The lowest BCUT2D eigenvalue weighted by Gasteiger charge is -2.32. The van der Waals surface area contributed by atoms with Crippen LogP contribution >= 0.6 is 11.6 Å². The average molecular weight is 265 g/mol. The summed E-state index contributed by atoms with van der Waals surface area (Å²) in [6.45, 7) is 4.77. The van der Waals surface area contributed by atoms with E-state index in [0.29, 0.717) is 10.6 Å². The third-order valence-electron chi connectivity index (χ3n) is 3.74. The van der Waals surface area contributed by atoms with Crippen LogP contribution in [0.4, 0.5) is 5.69 Å². The summed E-state index contributed by atoms with van der Waals surface area (Å²) < 4.78 is 0. The van der Waals surface area contributed by atoms with Crippen molar-refractivity contribution >= 4 is 17.3 Å². The summed E-state index contributed by atoms with van der Waals surface area (Å²) in [6, 6.07) is 7.59. The predicted molar refractivity (Wildman–Crippen MR) is 72.8 cm³/mol. The monoisotopic (exact) mass is 264 g/mol. The van der Waals surface area contributed by atoms with Crippen molar-refractivity contribution < 1.29 is 5.11 Å². The van der Waals surface area contributed by atoms with Crippen LogP contribution in [0.15, 0.2) is 18.2 Å². The third kappa shape index (κ3) is 2.19. The fourth-order valence-electron chi connectivity index (χ4n) is 2.75. The van der Waals surface area contributed by atoms with Crippen LogP contribution in [0.1, 0.15) is 32.3 Å². The van der Waals surface area contributed by atoms with Crippen LogP contribution in [0, 0.1) is 11.3 Å². The number of hydrogen-bond acceptors (Lipinski definition) is 3. The van der Waals surface area contributed by atoms with E-state index in [4.69, 9.17) is 16.9 Å². The maximum atomic E-state index is 10.3. The van der Waals surface area contributed by atoms with Gasteiger partial charge in [-0.2, -0.15) is 5.26 Å². The van der Waals surface area contributed by atoms with Gasteiger partial charge in [0, 0.05) is 12.2 Å². The lowest BCUT2D eigenvalue weighted by molar-refractivity contribution is 0.0501. The van der Waals surface area contributed by atoms with E-state index in [1.54, 1.807) is 6.07 Å². The Morgan fingerprint density at radius 2 is 2.33 bits per heavy atom. The Hall–Kier alpha value is -1.24. The molecule has 0 aliphatic carbocycles. The van der Waals surface area contributed by atoms with Gasteiger partial charge < -0.3 is 10.0 Å². The van der Waals surface area contributed by atoms with Gasteiger partial charge in [0.1, 0.15) is 6.07 Å². The molecule has 1 aromatic carbocycles. The van der Waals surface area contributed by atoms with Gasteiger partial charge in [-0.15, -0.1) is 0 Å². The van der Waals surface area contributed by atoms with E-state index < -0.39 is 5.60 Å². The van der Waals surface area contributed by atoms with Gasteiger partial charge in [-0.05, 0) is 38.0 Å². The molecule has 0 amide bonds. The maximum absolute atomic E-state index is 10.3. The fraction of sp³-hybridized carbons (Fsp3) is 0.500. The molecule has 1 fully saturated rings. The number of nitrogens with zero attached hydrogens (tertiary/aromatic N) is 2. The normalized spacial score (nSPS) is 27.3. The van der Waals surface area contributed by atoms with Crippen LogP contribution in [0.5, 0.6) is 0 Å². The summed E-state index contributed by atoms with van der Waals surface area (Å²) in [6.07, 6.45) is 1.63. The van der Waals surface area contributed by atoms with E-state index in [1.807, 2.05) is 19.1 Å². The molecule has 18 heavy (non-hydrogen) atoms. The molecule has 1 aromatic rings. The van der Waals surface area contributed by atoms with Gasteiger partial charge in [0.2, 0.25) is 0 Å². The number of anilines is 1. The number of rotatable bonds is 2. The van der Waals surface area contributed by atoms with Crippen LogP contribution in [0.25, 0.3) is 0 Å². The Bertz CT molecular complexity index is 493.